The fourth-order valence-electron chi connectivity index (χ4n) is 1.94. The van der Waals surface area contributed by atoms with Crippen LogP contribution in [0.5, 0.6) is 5.75 Å². The Morgan fingerprint density at radius 1 is 0.944 bits per heavy atom. The summed E-state index contributed by atoms with van der Waals surface area (Å²) in [5, 5.41) is 11.5. The molecule has 0 saturated heterocycles. The van der Waals surface area contributed by atoms with Crippen LogP contribution >= 0.6 is 11.6 Å². The van der Waals surface area contributed by atoms with E-state index >= 15 is 0 Å². The van der Waals surface area contributed by atoms with Crippen molar-refractivity contribution in [1.29, 1.82) is 0 Å². The number of aromatic hydroxyl groups is 1. The molecule has 0 amide bonds. The van der Waals surface area contributed by atoms with Gasteiger partial charge in [0.05, 0.1) is 5.52 Å². The molecule has 0 unspecified atom stereocenters. The molecule has 1 N–H and O–H groups in total. The first kappa shape index (κ1) is 11.1. The molecule has 0 saturated carbocycles. The Kier molecular flexibility index (Phi) is 2.65. The van der Waals surface area contributed by atoms with Crippen LogP contribution in [0.4, 0.5) is 0 Å². The zero-order chi connectivity index (χ0) is 12.5. The van der Waals surface area contributed by atoms with Gasteiger partial charge in [-0.1, -0.05) is 41.9 Å². The second kappa shape index (κ2) is 4.31. The molecule has 88 valence electrons. The molecule has 0 radical (unpaired) electrons. The van der Waals surface area contributed by atoms with Gasteiger partial charge in [0.1, 0.15) is 11.4 Å². The number of rotatable bonds is 1. The lowest BCUT2D eigenvalue weighted by Crippen LogP contribution is -1.86. The first-order valence-corrected chi connectivity index (χ1v) is 5.96. The molecule has 0 bridgehead atoms. The van der Waals surface area contributed by atoms with Crippen molar-refractivity contribution in [2.75, 3.05) is 0 Å². The van der Waals surface area contributed by atoms with Crippen LogP contribution in [-0.4, -0.2) is 10.1 Å². The molecular formula is C15H10ClNO. The Labute approximate surface area is 109 Å². The van der Waals surface area contributed by atoms with E-state index in [-0.39, 0.29) is 5.75 Å². The topological polar surface area (TPSA) is 33.1 Å². The van der Waals surface area contributed by atoms with Gasteiger partial charge in [-0.3, -0.25) is 0 Å². The minimum atomic E-state index is 0.163. The second-order valence-corrected chi connectivity index (χ2v) is 4.50. The van der Waals surface area contributed by atoms with Crippen molar-refractivity contribution >= 4 is 22.5 Å². The van der Waals surface area contributed by atoms with E-state index in [1.54, 1.807) is 18.2 Å². The number of pyridine rings is 1. The highest BCUT2D eigenvalue weighted by Gasteiger charge is 2.08. The van der Waals surface area contributed by atoms with E-state index in [2.05, 4.69) is 4.98 Å². The molecule has 18 heavy (non-hydrogen) atoms. The number of halogens is 1. The lowest BCUT2D eigenvalue weighted by Gasteiger charge is -2.06. The molecule has 0 spiro atoms. The Balaban J connectivity index is 2.25. The predicted octanol–water partition coefficient (Wildman–Crippen LogP) is 4.26. The van der Waals surface area contributed by atoms with Gasteiger partial charge >= 0.3 is 0 Å². The standard InChI is InChI=1S/C15H10ClNO/c16-12-6-7-13-11(8-12)9-14(18)15(17-13)10-4-2-1-3-5-10/h1-9,18H. The number of hydrogen-bond donors (Lipinski definition) is 1. The normalized spacial score (nSPS) is 10.7. The molecule has 2 nitrogen and oxygen atoms in total. The summed E-state index contributed by atoms with van der Waals surface area (Å²) in [6.07, 6.45) is 0. The highest BCUT2D eigenvalue weighted by Crippen LogP contribution is 2.31. The molecule has 0 aliphatic rings. The Morgan fingerprint density at radius 3 is 2.50 bits per heavy atom. The molecular weight excluding hydrogens is 246 g/mol. The minimum Gasteiger partial charge on any atom is -0.506 e. The van der Waals surface area contributed by atoms with Crippen LogP contribution in [0.25, 0.3) is 22.2 Å². The molecule has 1 aromatic heterocycles. The van der Waals surface area contributed by atoms with Crippen LogP contribution in [-0.2, 0) is 0 Å². The smallest absolute Gasteiger partial charge is 0.142 e. The van der Waals surface area contributed by atoms with Gasteiger partial charge in [0, 0.05) is 16.0 Å². The average molecular weight is 256 g/mol. The van der Waals surface area contributed by atoms with Crippen LogP contribution in [0.3, 0.4) is 0 Å². The molecule has 0 atom stereocenters. The summed E-state index contributed by atoms with van der Waals surface area (Å²) in [5.74, 6) is 0.163. The number of hydrogen-bond acceptors (Lipinski definition) is 2. The Morgan fingerprint density at radius 2 is 1.72 bits per heavy atom. The highest BCUT2D eigenvalue weighted by atomic mass is 35.5. The van der Waals surface area contributed by atoms with Gasteiger partial charge in [-0.2, -0.15) is 0 Å². The maximum atomic E-state index is 10.0. The minimum absolute atomic E-state index is 0.163. The van der Waals surface area contributed by atoms with Crippen LogP contribution in [0.1, 0.15) is 0 Å². The van der Waals surface area contributed by atoms with Gasteiger partial charge < -0.3 is 5.11 Å². The fraction of sp³-hybridized carbons (Fsp3) is 0. The second-order valence-electron chi connectivity index (χ2n) is 4.06. The van der Waals surface area contributed by atoms with Crippen molar-refractivity contribution < 1.29 is 5.11 Å². The third kappa shape index (κ3) is 1.91. The van der Waals surface area contributed by atoms with E-state index in [1.807, 2.05) is 36.4 Å². The number of fused-ring (bicyclic) bond motifs is 1. The Bertz CT molecular complexity index is 710. The van der Waals surface area contributed by atoms with Gasteiger partial charge in [-0.05, 0) is 24.3 Å². The van der Waals surface area contributed by atoms with E-state index in [9.17, 15) is 5.11 Å². The number of aromatic nitrogens is 1. The van der Waals surface area contributed by atoms with E-state index < -0.39 is 0 Å². The monoisotopic (exact) mass is 255 g/mol. The van der Waals surface area contributed by atoms with E-state index in [0.717, 1.165) is 16.5 Å². The van der Waals surface area contributed by atoms with Gasteiger partial charge in [0.25, 0.3) is 0 Å². The molecule has 2 aromatic carbocycles. The summed E-state index contributed by atoms with van der Waals surface area (Å²) in [6.45, 7) is 0. The van der Waals surface area contributed by atoms with Crippen molar-refractivity contribution in [1.82, 2.24) is 4.98 Å². The third-order valence-corrected chi connectivity index (χ3v) is 3.04. The average Bonchev–Trinajstić information content (AvgIpc) is 2.39. The highest BCUT2D eigenvalue weighted by molar-refractivity contribution is 6.31. The van der Waals surface area contributed by atoms with E-state index in [1.165, 1.54) is 0 Å². The third-order valence-electron chi connectivity index (χ3n) is 2.80. The zero-order valence-corrected chi connectivity index (χ0v) is 10.2. The van der Waals surface area contributed by atoms with Gasteiger partial charge in [0.15, 0.2) is 0 Å². The van der Waals surface area contributed by atoms with Crippen molar-refractivity contribution in [3.8, 4) is 17.0 Å². The summed E-state index contributed by atoms with van der Waals surface area (Å²) < 4.78 is 0. The molecule has 0 fully saturated rings. The van der Waals surface area contributed by atoms with E-state index in [0.29, 0.717) is 10.7 Å². The van der Waals surface area contributed by atoms with Crippen molar-refractivity contribution in [3.63, 3.8) is 0 Å². The largest absolute Gasteiger partial charge is 0.506 e. The number of benzene rings is 2. The maximum absolute atomic E-state index is 10.0. The van der Waals surface area contributed by atoms with Gasteiger partial charge in [-0.15, -0.1) is 0 Å². The maximum Gasteiger partial charge on any atom is 0.142 e. The first-order valence-electron chi connectivity index (χ1n) is 5.59. The lowest BCUT2D eigenvalue weighted by atomic mass is 10.1. The van der Waals surface area contributed by atoms with Crippen molar-refractivity contribution in [3.05, 3.63) is 59.6 Å². The number of nitrogens with zero attached hydrogens (tertiary/aromatic N) is 1. The molecule has 0 aliphatic carbocycles. The Hall–Kier alpha value is -2.06. The van der Waals surface area contributed by atoms with E-state index in [4.69, 9.17) is 11.6 Å². The quantitative estimate of drug-likeness (QED) is 0.705. The first-order chi connectivity index (χ1) is 8.74. The summed E-state index contributed by atoms with van der Waals surface area (Å²) in [5.41, 5.74) is 2.30. The van der Waals surface area contributed by atoms with Gasteiger partial charge in [-0.25, -0.2) is 4.98 Å². The van der Waals surface area contributed by atoms with Crippen molar-refractivity contribution in [2.24, 2.45) is 0 Å². The molecule has 1 heterocycles. The van der Waals surface area contributed by atoms with Crippen molar-refractivity contribution in [2.45, 2.75) is 0 Å². The lowest BCUT2D eigenvalue weighted by molar-refractivity contribution is 0.476. The zero-order valence-electron chi connectivity index (χ0n) is 9.47. The predicted molar refractivity (Wildman–Crippen MR) is 73.9 cm³/mol. The van der Waals surface area contributed by atoms with Crippen LogP contribution in [0.15, 0.2) is 54.6 Å². The van der Waals surface area contributed by atoms with Crippen LogP contribution in [0, 0.1) is 0 Å². The molecule has 3 heteroatoms. The summed E-state index contributed by atoms with van der Waals surface area (Å²) in [4.78, 5) is 4.48. The summed E-state index contributed by atoms with van der Waals surface area (Å²) in [6, 6.07) is 16.7. The molecule has 3 aromatic rings. The molecule has 0 aliphatic heterocycles. The fourth-order valence-corrected chi connectivity index (χ4v) is 2.13. The summed E-state index contributed by atoms with van der Waals surface area (Å²) >= 11 is 5.92. The van der Waals surface area contributed by atoms with Crippen LogP contribution in [0.2, 0.25) is 5.02 Å². The van der Waals surface area contributed by atoms with Crippen LogP contribution < -0.4 is 0 Å². The summed E-state index contributed by atoms with van der Waals surface area (Å²) in [7, 11) is 0. The molecule has 3 rings (SSSR count). The van der Waals surface area contributed by atoms with Gasteiger partial charge in [0.2, 0.25) is 0 Å². The SMILES string of the molecule is Oc1cc2cc(Cl)ccc2nc1-c1ccccc1.